The van der Waals surface area contributed by atoms with Gasteiger partial charge >= 0.3 is 12.1 Å². The molecule has 2 aromatic rings. The standard InChI is InChI=1S/C33H43N3O6/c1-7-9-10-14-21-36(29(30(38)34-23-28(37)41-6)26-19-17-24(8-2)18-20-26)31(39)27(22-25-15-12-11-13-16-25)35-32(40)42-33(3,4)5/h2,11-13,15-20,27,29H,7,9-10,14,21-23H2,1,3-6H3,(H,34,38)(H,35,40). The highest BCUT2D eigenvalue weighted by Crippen LogP contribution is 2.25. The predicted molar refractivity (Wildman–Crippen MR) is 161 cm³/mol. The molecule has 2 atom stereocenters. The summed E-state index contributed by atoms with van der Waals surface area (Å²) in [6.45, 7) is 7.18. The number of benzene rings is 2. The Hall–Kier alpha value is -4.32. The molecular weight excluding hydrogens is 534 g/mol. The Morgan fingerprint density at radius 1 is 0.976 bits per heavy atom. The molecule has 2 N–H and O–H groups in total. The summed E-state index contributed by atoms with van der Waals surface area (Å²) < 4.78 is 10.2. The van der Waals surface area contributed by atoms with Crippen molar-refractivity contribution in [3.05, 3.63) is 71.3 Å². The fourth-order valence-electron chi connectivity index (χ4n) is 4.34. The van der Waals surface area contributed by atoms with Crippen LogP contribution in [0.5, 0.6) is 0 Å². The molecule has 0 heterocycles. The number of hydrogen-bond acceptors (Lipinski definition) is 6. The molecule has 0 aromatic heterocycles. The van der Waals surface area contributed by atoms with Crippen LogP contribution in [0.4, 0.5) is 4.79 Å². The third-order valence-corrected chi connectivity index (χ3v) is 6.40. The van der Waals surface area contributed by atoms with Gasteiger partial charge in [-0.25, -0.2) is 4.79 Å². The van der Waals surface area contributed by atoms with Crippen LogP contribution in [0.3, 0.4) is 0 Å². The topological polar surface area (TPSA) is 114 Å². The number of rotatable bonds is 14. The first-order valence-electron chi connectivity index (χ1n) is 14.2. The van der Waals surface area contributed by atoms with E-state index >= 15 is 0 Å². The Morgan fingerprint density at radius 3 is 2.21 bits per heavy atom. The SMILES string of the molecule is C#Cc1ccc(C(C(=O)NCC(=O)OC)N(CCCCCC)C(=O)C(Cc2ccccc2)NC(=O)OC(C)(C)C)cc1. The molecule has 9 nitrogen and oxygen atoms in total. The lowest BCUT2D eigenvalue weighted by Crippen LogP contribution is -2.54. The minimum absolute atomic E-state index is 0.177. The number of carbonyl (C=O) groups excluding carboxylic acids is 4. The first-order chi connectivity index (χ1) is 20.0. The molecule has 0 fully saturated rings. The van der Waals surface area contributed by atoms with Crippen molar-refractivity contribution < 1.29 is 28.7 Å². The predicted octanol–water partition coefficient (Wildman–Crippen LogP) is 4.54. The van der Waals surface area contributed by atoms with Gasteiger partial charge in [0, 0.05) is 18.5 Å². The maximum Gasteiger partial charge on any atom is 0.408 e. The third kappa shape index (κ3) is 11.3. The second kappa shape index (κ2) is 16.8. The van der Waals surface area contributed by atoms with Crippen molar-refractivity contribution in [3.8, 4) is 12.3 Å². The lowest BCUT2D eigenvalue weighted by atomic mass is 9.99. The molecule has 0 spiro atoms. The molecule has 9 heteroatoms. The number of unbranched alkanes of at least 4 members (excludes halogenated alkanes) is 3. The summed E-state index contributed by atoms with van der Waals surface area (Å²) in [5.41, 5.74) is 1.17. The van der Waals surface area contributed by atoms with E-state index in [-0.39, 0.29) is 19.5 Å². The quantitative estimate of drug-likeness (QED) is 0.194. The Kier molecular flexibility index (Phi) is 13.6. The third-order valence-electron chi connectivity index (χ3n) is 6.40. The maximum absolute atomic E-state index is 14.4. The molecule has 0 saturated heterocycles. The zero-order chi connectivity index (χ0) is 31.1. The Morgan fingerprint density at radius 2 is 1.64 bits per heavy atom. The van der Waals surface area contributed by atoms with Crippen LogP contribution in [0.1, 0.15) is 76.1 Å². The molecular formula is C33H43N3O6. The molecule has 0 aliphatic rings. The van der Waals surface area contributed by atoms with E-state index < -0.39 is 41.6 Å². The van der Waals surface area contributed by atoms with Crippen molar-refractivity contribution in [2.24, 2.45) is 0 Å². The number of methoxy groups -OCH3 is 1. The van der Waals surface area contributed by atoms with Crippen molar-refractivity contribution in [2.45, 2.75) is 77.5 Å². The van der Waals surface area contributed by atoms with Crippen LogP contribution in [0.15, 0.2) is 54.6 Å². The lowest BCUT2D eigenvalue weighted by molar-refractivity contribution is -0.144. The smallest absolute Gasteiger partial charge is 0.408 e. The van der Waals surface area contributed by atoms with Crippen LogP contribution in [0.25, 0.3) is 0 Å². The highest BCUT2D eigenvalue weighted by atomic mass is 16.6. The van der Waals surface area contributed by atoms with Crippen LogP contribution in [0.2, 0.25) is 0 Å². The molecule has 0 radical (unpaired) electrons. The van der Waals surface area contributed by atoms with Crippen molar-refractivity contribution in [1.82, 2.24) is 15.5 Å². The number of nitrogens with zero attached hydrogens (tertiary/aromatic N) is 1. The van der Waals surface area contributed by atoms with Crippen LogP contribution in [-0.2, 0) is 30.3 Å². The summed E-state index contributed by atoms with van der Waals surface area (Å²) in [6.07, 6.45) is 8.40. The summed E-state index contributed by atoms with van der Waals surface area (Å²) in [4.78, 5) is 54.3. The summed E-state index contributed by atoms with van der Waals surface area (Å²) in [5.74, 6) is 0.907. The van der Waals surface area contributed by atoms with Gasteiger partial charge in [0.25, 0.3) is 0 Å². The van der Waals surface area contributed by atoms with Crippen LogP contribution < -0.4 is 10.6 Å². The number of nitrogens with one attached hydrogen (secondary N) is 2. The Balaban J connectivity index is 2.56. The molecule has 0 saturated carbocycles. The van der Waals surface area contributed by atoms with E-state index in [1.807, 2.05) is 30.3 Å². The van der Waals surface area contributed by atoms with E-state index in [9.17, 15) is 19.2 Å². The summed E-state index contributed by atoms with van der Waals surface area (Å²) in [5, 5.41) is 5.34. The Labute approximate surface area is 249 Å². The van der Waals surface area contributed by atoms with Crippen molar-refractivity contribution in [3.63, 3.8) is 0 Å². The van der Waals surface area contributed by atoms with Gasteiger partial charge in [0.1, 0.15) is 24.2 Å². The summed E-state index contributed by atoms with van der Waals surface area (Å²) in [7, 11) is 1.23. The van der Waals surface area contributed by atoms with E-state index in [1.54, 1.807) is 45.0 Å². The maximum atomic E-state index is 14.4. The van der Waals surface area contributed by atoms with Crippen LogP contribution in [0, 0.1) is 12.3 Å². The molecule has 2 unspecified atom stereocenters. The van der Waals surface area contributed by atoms with E-state index in [1.165, 1.54) is 12.0 Å². The second-order valence-electron chi connectivity index (χ2n) is 10.9. The van der Waals surface area contributed by atoms with E-state index in [0.717, 1.165) is 24.8 Å². The van der Waals surface area contributed by atoms with Gasteiger partial charge in [-0.05, 0) is 50.5 Å². The average Bonchev–Trinajstić information content (AvgIpc) is 2.96. The average molecular weight is 578 g/mol. The van der Waals surface area contributed by atoms with Gasteiger partial charge in [0.2, 0.25) is 11.8 Å². The number of alkyl carbamates (subject to hydrolysis) is 1. The van der Waals surface area contributed by atoms with E-state index in [4.69, 9.17) is 11.2 Å². The molecule has 0 aliphatic heterocycles. The number of esters is 1. The van der Waals surface area contributed by atoms with Crippen LogP contribution >= 0.6 is 0 Å². The van der Waals surface area contributed by atoms with Gasteiger partial charge in [-0.3, -0.25) is 14.4 Å². The normalized spacial score (nSPS) is 12.3. The first-order valence-corrected chi connectivity index (χ1v) is 14.2. The van der Waals surface area contributed by atoms with Crippen molar-refractivity contribution in [2.75, 3.05) is 20.2 Å². The zero-order valence-corrected chi connectivity index (χ0v) is 25.3. The van der Waals surface area contributed by atoms with Gasteiger partial charge in [-0.15, -0.1) is 6.42 Å². The van der Waals surface area contributed by atoms with Crippen molar-refractivity contribution >= 4 is 23.9 Å². The van der Waals surface area contributed by atoms with Gasteiger partial charge in [0.05, 0.1) is 7.11 Å². The monoisotopic (exact) mass is 577 g/mol. The van der Waals surface area contributed by atoms with E-state index in [0.29, 0.717) is 17.5 Å². The lowest BCUT2D eigenvalue weighted by Gasteiger charge is -2.34. The highest BCUT2D eigenvalue weighted by Gasteiger charge is 2.36. The van der Waals surface area contributed by atoms with Gasteiger partial charge in [0.15, 0.2) is 0 Å². The van der Waals surface area contributed by atoms with Gasteiger partial charge in [-0.2, -0.15) is 0 Å². The van der Waals surface area contributed by atoms with Crippen molar-refractivity contribution in [1.29, 1.82) is 0 Å². The zero-order valence-electron chi connectivity index (χ0n) is 25.3. The highest BCUT2D eigenvalue weighted by molar-refractivity contribution is 5.93. The minimum Gasteiger partial charge on any atom is -0.468 e. The van der Waals surface area contributed by atoms with Gasteiger partial charge < -0.3 is 25.0 Å². The Bertz CT molecular complexity index is 1220. The number of carbonyl (C=O) groups is 4. The molecule has 3 amide bonds. The molecule has 2 rings (SSSR count). The number of ether oxygens (including phenoxy) is 2. The fraction of sp³-hybridized carbons (Fsp3) is 0.455. The summed E-state index contributed by atoms with van der Waals surface area (Å²) in [6, 6.07) is 13.9. The molecule has 226 valence electrons. The van der Waals surface area contributed by atoms with Crippen LogP contribution in [-0.4, -0.2) is 60.6 Å². The summed E-state index contributed by atoms with van der Waals surface area (Å²) >= 11 is 0. The molecule has 0 aliphatic carbocycles. The van der Waals surface area contributed by atoms with E-state index in [2.05, 4.69) is 28.2 Å². The minimum atomic E-state index is -1.10. The first kappa shape index (κ1) is 33.9. The second-order valence-corrected chi connectivity index (χ2v) is 10.9. The molecule has 0 bridgehead atoms. The van der Waals surface area contributed by atoms with Gasteiger partial charge in [-0.1, -0.05) is 74.6 Å². The number of amides is 3. The largest absolute Gasteiger partial charge is 0.468 e. The fourth-order valence-corrected chi connectivity index (χ4v) is 4.34. The number of hydrogen-bond donors (Lipinski definition) is 2. The number of terminal acetylenes is 1. The molecule has 2 aromatic carbocycles. The molecule has 42 heavy (non-hydrogen) atoms.